The Hall–Kier alpha value is -0.800. The molecule has 0 unspecified atom stereocenters. The first kappa shape index (κ1) is 11.3. The molecule has 1 N–H and O–H groups in total. The van der Waals surface area contributed by atoms with Gasteiger partial charge in [0.15, 0.2) is 0 Å². The first-order valence-corrected chi connectivity index (χ1v) is 5.17. The second-order valence-corrected chi connectivity index (χ2v) is 4.04. The molecule has 0 aliphatic rings. The molecule has 0 aromatic heterocycles. The summed E-state index contributed by atoms with van der Waals surface area (Å²) in [5.41, 5.74) is 1.11. The normalized spacial score (nSPS) is 9.86. The van der Waals surface area contributed by atoms with Crippen LogP contribution in [-0.4, -0.2) is 18.3 Å². The highest BCUT2D eigenvalue weighted by Crippen LogP contribution is 2.14. The van der Waals surface area contributed by atoms with Gasteiger partial charge in [-0.2, -0.15) is 0 Å². The molecule has 0 bridgehead atoms. The summed E-state index contributed by atoms with van der Waals surface area (Å²) in [7, 11) is 0. The van der Waals surface area contributed by atoms with Crippen molar-refractivity contribution in [3.63, 3.8) is 0 Å². The molecule has 1 aromatic rings. The first-order chi connectivity index (χ1) is 6.72. The van der Waals surface area contributed by atoms with E-state index < -0.39 is 0 Å². The van der Waals surface area contributed by atoms with Gasteiger partial charge in [-0.05, 0) is 24.1 Å². The SMILES string of the molecule is C=C(Br)COc1ccc(CCO)cc1. The van der Waals surface area contributed by atoms with Crippen LogP contribution in [0.25, 0.3) is 0 Å². The van der Waals surface area contributed by atoms with E-state index in [1.807, 2.05) is 24.3 Å². The summed E-state index contributed by atoms with van der Waals surface area (Å²) in [5, 5.41) is 8.72. The Morgan fingerprint density at radius 2 is 2.00 bits per heavy atom. The summed E-state index contributed by atoms with van der Waals surface area (Å²) >= 11 is 3.22. The van der Waals surface area contributed by atoms with Gasteiger partial charge in [-0.1, -0.05) is 34.6 Å². The van der Waals surface area contributed by atoms with Gasteiger partial charge in [-0.25, -0.2) is 0 Å². The number of aliphatic hydroxyl groups is 1. The zero-order chi connectivity index (χ0) is 10.4. The number of ether oxygens (including phenoxy) is 1. The standard InChI is InChI=1S/C11H13BrO2/c1-9(12)8-14-11-4-2-10(3-5-11)6-7-13/h2-5,13H,1,6-8H2. The maximum atomic E-state index is 8.72. The second kappa shape index (κ2) is 5.83. The summed E-state index contributed by atoms with van der Waals surface area (Å²) < 4.78 is 6.21. The highest BCUT2D eigenvalue weighted by atomic mass is 79.9. The molecule has 1 aromatic carbocycles. The fourth-order valence-corrected chi connectivity index (χ4v) is 1.16. The van der Waals surface area contributed by atoms with Crippen molar-refractivity contribution >= 4 is 15.9 Å². The van der Waals surface area contributed by atoms with Crippen LogP contribution in [0.4, 0.5) is 0 Å². The molecule has 1 rings (SSSR count). The van der Waals surface area contributed by atoms with Crippen LogP contribution in [0.1, 0.15) is 5.56 Å². The predicted octanol–water partition coefficient (Wildman–Crippen LogP) is 2.51. The largest absolute Gasteiger partial charge is 0.488 e. The molecule has 76 valence electrons. The van der Waals surface area contributed by atoms with Crippen LogP contribution in [0.2, 0.25) is 0 Å². The van der Waals surface area contributed by atoms with Crippen molar-refractivity contribution in [2.24, 2.45) is 0 Å². The zero-order valence-electron chi connectivity index (χ0n) is 7.87. The molecular formula is C11H13BrO2. The molecule has 0 aliphatic heterocycles. The third-order valence-electron chi connectivity index (χ3n) is 1.72. The topological polar surface area (TPSA) is 29.5 Å². The molecule has 0 amide bonds. The van der Waals surface area contributed by atoms with Gasteiger partial charge in [0.25, 0.3) is 0 Å². The lowest BCUT2D eigenvalue weighted by molar-refractivity contribution is 0.299. The van der Waals surface area contributed by atoms with E-state index in [0.29, 0.717) is 13.0 Å². The fourth-order valence-electron chi connectivity index (χ4n) is 1.04. The summed E-state index contributed by atoms with van der Waals surface area (Å²) in [6, 6.07) is 7.67. The lowest BCUT2D eigenvalue weighted by Crippen LogP contribution is -1.96. The molecule has 0 aliphatic carbocycles. The van der Waals surface area contributed by atoms with Gasteiger partial charge in [0, 0.05) is 11.1 Å². The van der Waals surface area contributed by atoms with E-state index in [1.165, 1.54) is 0 Å². The Kier molecular flexibility index (Phi) is 4.70. The zero-order valence-corrected chi connectivity index (χ0v) is 9.46. The average molecular weight is 257 g/mol. The van der Waals surface area contributed by atoms with E-state index in [4.69, 9.17) is 9.84 Å². The summed E-state index contributed by atoms with van der Waals surface area (Å²) in [6.45, 7) is 4.33. The van der Waals surface area contributed by atoms with E-state index in [1.54, 1.807) is 0 Å². The third-order valence-corrected chi connectivity index (χ3v) is 1.95. The Labute approximate surface area is 92.3 Å². The van der Waals surface area contributed by atoms with E-state index in [0.717, 1.165) is 15.8 Å². The maximum Gasteiger partial charge on any atom is 0.119 e. The van der Waals surface area contributed by atoms with Crippen molar-refractivity contribution < 1.29 is 9.84 Å². The Morgan fingerprint density at radius 1 is 1.36 bits per heavy atom. The van der Waals surface area contributed by atoms with E-state index in [-0.39, 0.29) is 6.61 Å². The highest BCUT2D eigenvalue weighted by Gasteiger charge is 1.95. The van der Waals surface area contributed by atoms with Crippen molar-refractivity contribution in [3.05, 3.63) is 40.9 Å². The lowest BCUT2D eigenvalue weighted by atomic mass is 10.1. The average Bonchev–Trinajstić information content (AvgIpc) is 2.17. The van der Waals surface area contributed by atoms with Crippen LogP contribution >= 0.6 is 15.9 Å². The monoisotopic (exact) mass is 256 g/mol. The van der Waals surface area contributed by atoms with E-state index >= 15 is 0 Å². The predicted molar refractivity (Wildman–Crippen MR) is 60.8 cm³/mol. The number of hydrogen-bond donors (Lipinski definition) is 1. The third kappa shape index (κ3) is 3.94. The minimum Gasteiger partial charge on any atom is -0.488 e. The van der Waals surface area contributed by atoms with Crippen LogP contribution < -0.4 is 4.74 Å². The summed E-state index contributed by atoms with van der Waals surface area (Å²) in [4.78, 5) is 0. The van der Waals surface area contributed by atoms with Gasteiger partial charge in [0.1, 0.15) is 12.4 Å². The van der Waals surface area contributed by atoms with E-state index in [9.17, 15) is 0 Å². The number of halogens is 1. The highest BCUT2D eigenvalue weighted by molar-refractivity contribution is 9.11. The Morgan fingerprint density at radius 3 is 2.50 bits per heavy atom. The number of hydrogen-bond acceptors (Lipinski definition) is 2. The van der Waals surface area contributed by atoms with Crippen molar-refractivity contribution in [2.75, 3.05) is 13.2 Å². The molecule has 2 nitrogen and oxygen atoms in total. The van der Waals surface area contributed by atoms with Crippen LogP contribution in [0.3, 0.4) is 0 Å². The van der Waals surface area contributed by atoms with Gasteiger partial charge < -0.3 is 9.84 Å². The minimum atomic E-state index is 0.179. The number of rotatable bonds is 5. The van der Waals surface area contributed by atoms with Crippen LogP contribution in [0.5, 0.6) is 5.75 Å². The van der Waals surface area contributed by atoms with Crippen LogP contribution in [0.15, 0.2) is 35.3 Å². The lowest BCUT2D eigenvalue weighted by Gasteiger charge is -2.05. The molecule has 0 atom stereocenters. The van der Waals surface area contributed by atoms with Crippen molar-refractivity contribution in [3.8, 4) is 5.75 Å². The molecule has 0 saturated carbocycles. The van der Waals surface area contributed by atoms with Gasteiger partial charge in [0.05, 0.1) is 0 Å². The molecule has 0 heterocycles. The quantitative estimate of drug-likeness (QED) is 0.878. The number of aliphatic hydroxyl groups excluding tert-OH is 1. The number of benzene rings is 1. The fraction of sp³-hybridized carbons (Fsp3) is 0.273. The molecular weight excluding hydrogens is 244 g/mol. The molecule has 0 radical (unpaired) electrons. The van der Waals surface area contributed by atoms with Crippen molar-refractivity contribution in [1.29, 1.82) is 0 Å². The van der Waals surface area contributed by atoms with Gasteiger partial charge in [-0.3, -0.25) is 0 Å². The molecule has 0 fully saturated rings. The second-order valence-electron chi connectivity index (χ2n) is 2.92. The molecule has 0 spiro atoms. The van der Waals surface area contributed by atoms with E-state index in [2.05, 4.69) is 22.5 Å². The Bertz CT molecular complexity index is 293. The Balaban J connectivity index is 2.50. The van der Waals surface area contributed by atoms with Crippen LogP contribution in [-0.2, 0) is 6.42 Å². The van der Waals surface area contributed by atoms with Gasteiger partial charge in [-0.15, -0.1) is 0 Å². The van der Waals surface area contributed by atoms with Crippen LogP contribution in [0, 0.1) is 0 Å². The first-order valence-electron chi connectivity index (χ1n) is 4.38. The molecule has 0 saturated heterocycles. The molecule has 14 heavy (non-hydrogen) atoms. The summed E-state index contributed by atoms with van der Waals surface area (Å²) in [6.07, 6.45) is 0.686. The maximum absolute atomic E-state index is 8.72. The summed E-state index contributed by atoms with van der Waals surface area (Å²) in [5.74, 6) is 0.812. The van der Waals surface area contributed by atoms with Crippen molar-refractivity contribution in [2.45, 2.75) is 6.42 Å². The molecule has 3 heteroatoms. The smallest absolute Gasteiger partial charge is 0.119 e. The van der Waals surface area contributed by atoms with Gasteiger partial charge >= 0.3 is 0 Å². The van der Waals surface area contributed by atoms with Crippen molar-refractivity contribution in [1.82, 2.24) is 0 Å². The minimum absolute atomic E-state index is 0.179. The van der Waals surface area contributed by atoms with Gasteiger partial charge in [0.2, 0.25) is 0 Å².